The Morgan fingerprint density at radius 1 is 1.21 bits per heavy atom. The number of likely N-dealkylation sites (tertiary alicyclic amines) is 1. The molecule has 2 aliphatic rings. The number of nitrogens with two attached hydrogens (primary N) is 1. The maximum Gasteiger partial charge on any atom is 0.0281 e. The molecule has 0 saturated carbocycles. The molecule has 1 saturated heterocycles. The predicted octanol–water partition coefficient (Wildman–Crippen LogP) is 1.91. The van der Waals surface area contributed by atoms with Gasteiger partial charge in [0.05, 0.1) is 0 Å². The van der Waals surface area contributed by atoms with Crippen molar-refractivity contribution in [2.75, 3.05) is 13.1 Å². The van der Waals surface area contributed by atoms with Crippen LogP contribution in [0.4, 0.5) is 0 Å². The number of nitrogens with zero attached hydrogens (tertiary/aromatic N) is 1. The summed E-state index contributed by atoms with van der Waals surface area (Å²) in [6.45, 7) is 2.10. The van der Waals surface area contributed by atoms with E-state index in [2.05, 4.69) is 17.1 Å². The van der Waals surface area contributed by atoms with E-state index in [9.17, 15) is 0 Å². The van der Waals surface area contributed by atoms with Crippen LogP contribution in [0.15, 0.2) is 12.2 Å². The molecule has 2 atom stereocenters. The van der Waals surface area contributed by atoms with Crippen molar-refractivity contribution in [3.05, 3.63) is 12.2 Å². The second-order valence-electron chi connectivity index (χ2n) is 4.55. The Morgan fingerprint density at radius 2 is 2.14 bits per heavy atom. The average molecular weight is 194 g/mol. The molecule has 0 amide bonds. The molecule has 14 heavy (non-hydrogen) atoms. The van der Waals surface area contributed by atoms with Crippen LogP contribution in [0, 0.1) is 0 Å². The first kappa shape index (κ1) is 10.2. The largest absolute Gasteiger partial charge is 0.329 e. The maximum atomic E-state index is 5.83. The number of allylic oxidation sites excluding steroid dienone is 1. The van der Waals surface area contributed by atoms with Gasteiger partial charge in [0.2, 0.25) is 0 Å². The van der Waals surface area contributed by atoms with Crippen molar-refractivity contribution < 1.29 is 0 Å². The van der Waals surface area contributed by atoms with Crippen molar-refractivity contribution in [2.45, 2.75) is 50.6 Å². The van der Waals surface area contributed by atoms with E-state index >= 15 is 0 Å². The molecule has 1 fully saturated rings. The van der Waals surface area contributed by atoms with Crippen LogP contribution in [0.25, 0.3) is 0 Å². The van der Waals surface area contributed by atoms with Gasteiger partial charge < -0.3 is 5.73 Å². The molecular weight excluding hydrogens is 172 g/mol. The zero-order valence-electron chi connectivity index (χ0n) is 8.99. The van der Waals surface area contributed by atoms with Gasteiger partial charge in [0.25, 0.3) is 0 Å². The van der Waals surface area contributed by atoms with Crippen molar-refractivity contribution in [1.82, 2.24) is 4.90 Å². The minimum absolute atomic E-state index is 0.650. The molecule has 1 aliphatic carbocycles. The average Bonchev–Trinajstić information content (AvgIpc) is 2.30. The van der Waals surface area contributed by atoms with Crippen LogP contribution in [0.3, 0.4) is 0 Å². The normalized spacial score (nSPS) is 34.6. The zero-order chi connectivity index (χ0) is 9.80. The highest BCUT2D eigenvalue weighted by Crippen LogP contribution is 2.24. The SMILES string of the molecule is NCC1CCCCN1C1C=CCCC1. The number of hydrogen-bond donors (Lipinski definition) is 1. The highest BCUT2D eigenvalue weighted by atomic mass is 15.2. The highest BCUT2D eigenvalue weighted by molar-refractivity contribution is 5.00. The lowest BCUT2D eigenvalue weighted by Crippen LogP contribution is -2.49. The second-order valence-corrected chi connectivity index (χ2v) is 4.55. The summed E-state index contributed by atoms with van der Waals surface area (Å²) in [4.78, 5) is 2.64. The molecular formula is C12H22N2. The second kappa shape index (κ2) is 4.94. The van der Waals surface area contributed by atoms with E-state index in [0.717, 1.165) is 6.54 Å². The topological polar surface area (TPSA) is 29.3 Å². The Balaban J connectivity index is 1.98. The maximum absolute atomic E-state index is 5.83. The third kappa shape index (κ3) is 2.18. The lowest BCUT2D eigenvalue weighted by molar-refractivity contribution is 0.113. The summed E-state index contributed by atoms with van der Waals surface area (Å²) in [5.41, 5.74) is 5.83. The molecule has 2 heteroatoms. The third-order valence-electron chi connectivity index (χ3n) is 3.60. The van der Waals surface area contributed by atoms with Crippen LogP contribution < -0.4 is 5.73 Å². The molecule has 0 radical (unpaired) electrons. The van der Waals surface area contributed by atoms with Gasteiger partial charge in [-0.05, 0) is 38.6 Å². The van der Waals surface area contributed by atoms with Crippen LogP contribution in [0.1, 0.15) is 38.5 Å². The molecule has 0 aromatic heterocycles. The first-order valence-corrected chi connectivity index (χ1v) is 6.04. The number of piperidine rings is 1. The van der Waals surface area contributed by atoms with Gasteiger partial charge in [-0.25, -0.2) is 0 Å². The molecule has 1 heterocycles. The number of rotatable bonds is 2. The fourth-order valence-corrected chi connectivity index (χ4v) is 2.78. The standard InChI is InChI=1S/C12H22N2/c13-10-12-8-4-5-9-14(12)11-6-2-1-3-7-11/h2,6,11-12H,1,3-5,7-10,13H2. The van der Waals surface area contributed by atoms with Gasteiger partial charge in [0.15, 0.2) is 0 Å². The molecule has 2 N–H and O–H groups in total. The first-order valence-electron chi connectivity index (χ1n) is 6.04. The van der Waals surface area contributed by atoms with E-state index in [4.69, 9.17) is 5.73 Å². The molecule has 0 aromatic carbocycles. The summed E-state index contributed by atoms with van der Waals surface area (Å²) in [5, 5.41) is 0. The van der Waals surface area contributed by atoms with Gasteiger partial charge in [-0.2, -0.15) is 0 Å². The summed E-state index contributed by atoms with van der Waals surface area (Å²) < 4.78 is 0. The lowest BCUT2D eigenvalue weighted by Gasteiger charge is -2.40. The van der Waals surface area contributed by atoms with E-state index in [-0.39, 0.29) is 0 Å². The molecule has 2 rings (SSSR count). The van der Waals surface area contributed by atoms with Gasteiger partial charge in [-0.15, -0.1) is 0 Å². The fraction of sp³-hybridized carbons (Fsp3) is 0.833. The Kier molecular flexibility index (Phi) is 3.60. The minimum atomic E-state index is 0.650. The van der Waals surface area contributed by atoms with Gasteiger partial charge in [0, 0.05) is 18.6 Å². The summed E-state index contributed by atoms with van der Waals surface area (Å²) >= 11 is 0. The minimum Gasteiger partial charge on any atom is -0.329 e. The van der Waals surface area contributed by atoms with E-state index in [0.29, 0.717) is 12.1 Å². The quantitative estimate of drug-likeness (QED) is 0.680. The summed E-state index contributed by atoms with van der Waals surface area (Å²) in [6, 6.07) is 1.34. The molecule has 0 aromatic rings. The van der Waals surface area contributed by atoms with E-state index in [1.54, 1.807) is 0 Å². The Labute approximate surface area is 87.2 Å². The zero-order valence-corrected chi connectivity index (χ0v) is 8.99. The summed E-state index contributed by atoms with van der Waals surface area (Å²) in [7, 11) is 0. The predicted molar refractivity (Wildman–Crippen MR) is 60.2 cm³/mol. The number of hydrogen-bond acceptors (Lipinski definition) is 2. The van der Waals surface area contributed by atoms with Gasteiger partial charge in [0.1, 0.15) is 0 Å². The van der Waals surface area contributed by atoms with Crippen molar-refractivity contribution >= 4 is 0 Å². The van der Waals surface area contributed by atoms with Crippen LogP contribution in [-0.4, -0.2) is 30.1 Å². The summed E-state index contributed by atoms with van der Waals surface area (Å²) in [5.74, 6) is 0. The Morgan fingerprint density at radius 3 is 2.86 bits per heavy atom. The van der Waals surface area contributed by atoms with Crippen molar-refractivity contribution in [2.24, 2.45) is 5.73 Å². The monoisotopic (exact) mass is 194 g/mol. The Bertz CT molecular complexity index is 200. The molecule has 1 aliphatic heterocycles. The fourth-order valence-electron chi connectivity index (χ4n) is 2.78. The van der Waals surface area contributed by atoms with Crippen LogP contribution in [0.2, 0.25) is 0 Å². The first-order chi connectivity index (χ1) is 6.92. The van der Waals surface area contributed by atoms with Gasteiger partial charge in [-0.3, -0.25) is 4.90 Å². The smallest absolute Gasteiger partial charge is 0.0281 e. The van der Waals surface area contributed by atoms with Crippen LogP contribution >= 0.6 is 0 Å². The molecule has 0 spiro atoms. The van der Waals surface area contributed by atoms with Crippen molar-refractivity contribution in [1.29, 1.82) is 0 Å². The van der Waals surface area contributed by atoms with Crippen molar-refractivity contribution in [3.63, 3.8) is 0 Å². The van der Waals surface area contributed by atoms with E-state index in [1.165, 1.54) is 45.1 Å². The Hall–Kier alpha value is -0.340. The van der Waals surface area contributed by atoms with Crippen LogP contribution in [0.5, 0.6) is 0 Å². The third-order valence-corrected chi connectivity index (χ3v) is 3.60. The molecule has 0 bridgehead atoms. The van der Waals surface area contributed by atoms with E-state index < -0.39 is 0 Å². The van der Waals surface area contributed by atoms with Crippen molar-refractivity contribution in [3.8, 4) is 0 Å². The van der Waals surface area contributed by atoms with Crippen LogP contribution in [-0.2, 0) is 0 Å². The highest BCUT2D eigenvalue weighted by Gasteiger charge is 2.26. The molecule has 2 unspecified atom stereocenters. The lowest BCUT2D eigenvalue weighted by atomic mass is 9.95. The van der Waals surface area contributed by atoms with E-state index in [1.807, 2.05) is 0 Å². The molecule has 2 nitrogen and oxygen atoms in total. The molecule has 80 valence electrons. The summed E-state index contributed by atoms with van der Waals surface area (Å²) in [6.07, 6.45) is 12.8. The van der Waals surface area contributed by atoms with Gasteiger partial charge in [-0.1, -0.05) is 18.6 Å². The van der Waals surface area contributed by atoms with Gasteiger partial charge >= 0.3 is 0 Å².